The van der Waals surface area contributed by atoms with E-state index in [4.69, 9.17) is 9.47 Å². The molecule has 0 saturated heterocycles. The Morgan fingerprint density at radius 1 is 0.824 bits per heavy atom. The van der Waals surface area contributed by atoms with Crippen molar-refractivity contribution < 1.29 is 19.1 Å². The van der Waals surface area contributed by atoms with Crippen LogP contribution in [0.25, 0.3) is 10.8 Å². The van der Waals surface area contributed by atoms with Gasteiger partial charge in [0.1, 0.15) is 11.5 Å². The monoisotopic (exact) mass is 460 g/mol. The lowest BCUT2D eigenvalue weighted by atomic mass is 9.85. The highest BCUT2D eigenvalue weighted by Gasteiger charge is 2.27. The molecule has 34 heavy (non-hydrogen) atoms. The molecule has 0 atom stereocenters. The molecule has 3 rings (SSSR count). The fourth-order valence-corrected chi connectivity index (χ4v) is 4.34. The standard InChI is InChI=1S/C30H36O4/c1-6-7-8-9-10-11-14-22-17-18-25-26(19-22)28(34-30(32)21(4)5)24-16-13-12-15-23(24)27(25)33-29(31)20(2)3/h12-13,15-17H,2,4,6-11,14,18-19H2,1,3,5H3. The zero-order valence-corrected chi connectivity index (χ0v) is 20.8. The Labute approximate surface area is 203 Å². The Morgan fingerprint density at radius 2 is 1.35 bits per heavy atom. The smallest absolute Gasteiger partial charge is 0.338 e. The minimum atomic E-state index is -0.458. The molecular weight excluding hydrogens is 424 g/mol. The van der Waals surface area contributed by atoms with Gasteiger partial charge in [-0.2, -0.15) is 0 Å². The number of fused-ring (bicyclic) bond motifs is 2. The summed E-state index contributed by atoms with van der Waals surface area (Å²) in [6, 6.07) is 7.58. The van der Waals surface area contributed by atoms with Crippen molar-refractivity contribution in [2.24, 2.45) is 0 Å². The van der Waals surface area contributed by atoms with Crippen molar-refractivity contribution in [3.8, 4) is 11.5 Å². The number of esters is 2. The molecule has 0 saturated carbocycles. The van der Waals surface area contributed by atoms with E-state index in [9.17, 15) is 9.59 Å². The number of ether oxygens (including phenoxy) is 2. The highest BCUT2D eigenvalue weighted by molar-refractivity contribution is 6.01. The fourth-order valence-electron chi connectivity index (χ4n) is 4.34. The van der Waals surface area contributed by atoms with Gasteiger partial charge < -0.3 is 9.47 Å². The molecule has 0 spiro atoms. The highest BCUT2D eigenvalue weighted by Crippen LogP contribution is 2.45. The fraction of sp³-hybridized carbons (Fsp3) is 0.400. The molecule has 0 fully saturated rings. The molecule has 2 aromatic rings. The molecule has 1 aliphatic carbocycles. The van der Waals surface area contributed by atoms with Gasteiger partial charge >= 0.3 is 11.9 Å². The van der Waals surface area contributed by atoms with E-state index < -0.39 is 11.9 Å². The van der Waals surface area contributed by atoms with Gasteiger partial charge in [-0.3, -0.25) is 0 Å². The molecule has 1 aliphatic rings. The third kappa shape index (κ3) is 6.05. The van der Waals surface area contributed by atoms with E-state index in [2.05, 4.69) is 26.2 Å². The number of hydrogen-bond acceptors (Lipinski definition) is 4. The van der Waals surface area contributed by atoms with Crippen LogP contribution in [0, 0.1) is 0 Å². The number of benzene rings is 2. The van der Waals surface area contributed by atoms with Crippen molar-refractivity contribution in [2.75, 3.05) is 0 Å². The van der Waals surface area contributed by atoms with E-state index in [1.165, 1.54) is 37.7 Å². The number of hydrogen-bond donors (Lipinski definition) is 0. The average Bonchev–Trinajstić information content (AvgIpc) is 2.82. The summed E-state index contributed by atoms with van der Waals surface area (Å²) < 4.78 is 11.7. The molecule has 0 aromatic heterocycles. The van der Waals surface area contributed by atoms with Crippen molar-refractivity contribution in [1.29, 1.82) is 0 Å². The number of allylic oxidation sites excluding steroid dienone is 2. The van der Waals surface area contributed by atoms with Crippen LogP contribution in [0.15, 0.2) is 60.2 Å². The van der Waals surface area contributed by atoms with Gasteiger partial charge in [0, 0.05) is 33.0 Å². The molecule has 0 radical (unpaired) electrons. The van der Waals surface area contributed by atoms with Crippen LogP contribution in [0.1, 0.15) is 76.8 Å². The summed E-state index contributed by atoms with van der Waals surface area (Å²) in [5.74, 6) is 0.165. The summed E-state index contributed by atoms with van der Waals surface area (Å²) in [5, 5.41) is 1.49. The minimum Gasteiger partial charge on any atom is -0.422 e. The number of carbonyl (C=O) groups excluding carboxylic acids is 2. The lowest BCUT2D eigenvalue weighted by Gasteiger charge is -2.25. The minimum absolute atomic E-state index is 0.339. The van der Waals surface area contributed by atoms with Crippen LogP contribution < -0.4 is 9.47 Å². The predicted molar refractivity (Wildman–Crippen MR) is 138 cm³/mol. The molecule has 4 nitrogen and oxygen atoms in total. The van der Waals surface area contributed by atoms with Gasteiger partial charge in [0.2, 0.25) is 0 Å². The lowest BCUT2D eigenvalue weighted by Crippen LogP contribution is -2.16. The molecule has 0 amide bonds. The van der Waals surface area contributed by atoms with Crippen LogP contribution in [-0.4, -0.2) is 11.9 Å². The van der Waals surface area contributed by atoms with E-state index >= 15 is 0 Å². The summed E-state index contributed by atoms with van der Waals surface area (Å²) >= 11 is 0. The maximum atomic E-state index is 12.5. The highest BCUT2D eigenvalue weighted by atomic mass is 16.5. The largest absolute Gasteiger partial charge is 0.422 e. The molecule has 180 valence electrons. The van der Waals surface area contributed by atoms with Crippen molar-refractivity contribution in [1.82, 2.24) is 0 Å². The topological polar surface area (TPSA) is 52.6 Å². The van der Waals surface area contributed by atoms with Gasteiger partial charge in [-0.15, -0.1) is 0 Å². The summed E-state index contributed by atoms with van der Waals surface area (Å²) in [4.78, 5) is 25.0. The molecule has 0 N–H and O–H groups in total. The second-order valence-electron chi connectivity index (χ2n) is 9.26. The van der Waals surface area contributed by atoms with E-state index in [0.29, 0.717) is 35.5 Å². The third-order valence-electron chi connectivity index (χ3n) is 6.27. The molecule has 0 aliphatic heterocycles. The average molecular weight is 461 g/mol. The maximum absolute atomic E-state index is 12.5. The molecule has 0 unspecified atom stereocenters. The van der Waals surface area contributed by atoms with Crippen LogP contribution in [0.2, 0.25) is 0 Å². The SMILES string of the molecule is C=C(C)C(=O)Oc1c2c(c(OC(=O)C(=C)C)c3ccccc13)CC(CCCCCCCC)=CC2. The Morgan fingerprint density at radius 3 is 1.91 bits per heavy atom. The first kappa shape index (κ1) is 25.5. The van der Waals surface area contributed by atoms with Gasteiger partial charge in [-0.05, 0) is 39.5 Å². The van der Waals surface area contributed by atoms with E-state index in [1.807, 2.05) is 24.3 Å². The van der Waals surface area contributed by atoms with E-state index in [-0.39, 0.29) is 0 Å². The van der Waals surface area contributed by atoms with Gasteiger partial charge in [0.25, 0.3) is 0 Å². The summed E-state index contributed by atoms with van der Waals surface area (Å²) in [7, 11) is 0. The van der Waals surface area contributed by atoms with Crippen LogP contribution in [-0.2, 0) is 22.4 Å². The lowest BCUT2D eigenvalue weighted by molar-refractivity contribution is -0.131. The van der Waals surface area contributed by atoms with Crippen molar-refractivity contribution in [3.05, 3.63) is 71.3 Å². The maximum Gasteiger partial charge on any atom is 0.338 e. The van der Waals surface area contributed by atoms with E-state index in [1.54, 1.807) is 13.8 Å². The van der Waals surface area contributed by atoms with Crippen molar-refractivity contribution >= 4 is 22.7 Å². The predicted octanol–water partition coefficient (Wildman–Crippen LogP) is 7.58. The van der Waals surface area contributed by atoms with Crippen LogP contribution >= 0.6 is 0 Å². The summed E-state index contributed by atoms with van der Waals surface area (Å²) in [6.07, 6.45) is 12.0. The zero-order chi connectivity index (χ0) is 24.7. The van der Waals surface area contributed by atoms with Gasteiger partial charge in [-0.1, -0.05) is 88.1 Å². The Hall–Kier alpha value is -3.14. The molecule has 0 bridgehead atoms. The number of unbranched alkanes of at least 4 members (excludes halogenated alkanes) is 5. The van der Waals surface area contributed by atoms with Crippen LogP contribution in [0.5, 0.6) is 11.5 Å². The first-order chi connectivity index (χ1) is 16.3. The van der Waals surface area contributed by atoms with Crippen molar-refractivity contribution in [2.45, 2.75) is 78.6 Å². The second kappa shape index (κ2) is 11.8. The first-order valence-corrected chi connectivity index (χ1v) is 12.3. The Bertz CT molecular complexity index is 1140. The summed E-state index contributed by atoms with van der Waals surface area (Å²) in [5.41, 5.74) is 3.83. The molecule has 4 heteroatoms. The third-order valence-corrected chi connectivity index (χ3v) is 6.27. The molecule has 2 aromatic carbocycles. The molecule has 0 heterocycles. The second-order valence-corrected chi connectivity index (χ2v) is 9.26. The van der Waals surface area contributed by atoms with Crippen molar-refractivity contribution in [3.63, 3.8) is 0 Å². The van der Waals surface area contributed by atoms with Crippen LogP contribution in [0.3, 0.4) is 0 Å². The summed E-state index contributed by atoms with van der Waals surface area (Å²) in [6.45, 7) is 13.0. The van der Waals surface area contributed by atoms with Crippen LogP contribution in [0.4, 0.5) is 0 Å². The first-order valence-electron chi connectivity index (χ1n) is 12.3. The molecular formula is C30H36O4. The normalized spacial score (nSPS) is 12.6. The Balaban J connectivity index is 1.99. The number of carbonyl (C=O) groups is 2. The van der Waals surface area contributed by atoms with Gasteiger partial charge in [0.15, 0.2) is 0 Å². The Kier molecular flexibility index (Phi) is 8.86. The number of rotatable bonds is 11. The van der Waals surface area contributed by atoms with Gasteiger partial charge in [0.05, 0.1) is 0 Å². The van der Waals surface area contributed by atoms with Gasteiger partial charge in [-0.25, -0.2) is 9.59 Å². The van der Waals surface area contributed by atoms with E-state index in [0.717, 1.165) is 34.7 Å². The zero-order valence-electron chi connectivity index (χ0n) is 20.8. The quantitative estimate of drug-likeness (QED) is 0.114.